The van der Waals surface area contributed by atoms with Crippen LogP contribution in [0.2, 0.25) is 0 Å². The highest BCUT2D eigenvalue weighted by molar-refractivity contribution is 5.94. The normalized spacial score (nSPS) is 12.8. The molecular formula is C18H18FNO2. The molecule has 0 heterocycles. The smallest absolute Gasteiger partial charge is 0.251 e. The van der Waals surface area contributed by atoms with E-state index in [4.69, 9.17) is 4.74 Å². The van der Waals surface area contributed by atoms with Gasteiger partial charge in [-0.15, -0.1) is 0 Å². The van der Waals surface area contributed by atoms with E-state index in [2.05, 4.69) is 17.4 Å². The van der Waals surface area contributed by atoms with E-state index >= 15 is 0 Å². The second kappa shape index (κ2) is 6.60. The molecule has 0 aromatic heterocycles. The first-order valence-electron chi connectivity index (χ1n) is 7.51. The van der Waals surface area contributed by atoms with Crippen LogP contribution in [0, 0.1) is 5.82 Å². The van der Waals surface area contributed by atoms with Crippen LogP contribution >= 0.6 is 0 Å². The van der Waals surface area contributed by atoms with E-state index < -0.39 is 0 Å². The monoisotopic (exact) mass is 299 g/mol. The molecule has 0 atom stereocenters. The number of carbonyl (C=O) groups is 1. The molecule has 3 rings (SSSR count). The van der Waals surface area contributed by atoms with Gasteiger partial charge in [0.1, 0.15) is 18.2 Å². The number of halogens is 1. The highest BCUT2D eigenvalue weighted by atomic mass is 19.1. The van der Waals surface area contributed by atoms with Gasteiger partial charge in [0, 0.05) is 5.56 Å². The van der Waals surface area contributed by atoms with E-state index in [1.54, 1.807) is 0 Å². The van der Waals surface area contributed by atoms with Crippen molar-refractivity contribution in [2.24, 2.45) is 0 Å². The van der Waals surface area contributed by atoms with Crippen molar-refractivity contribution in [1.29, 1.82) is 0 Å². The fourth-order valence-corrected chi connectivity index (χ4v) is 2.67. The first-order chi connectivity index (χ1) is 10.7. The number of aryl methyl sites for hydroxylation is 2. The van der Waals surface area contributed by atoms with E-state index in [1.807, 2.05) is 6.07 Å². The Kier molecular flexibility index (Phi) is 4.37. The minimum absolute atomic E-state index is 0.224. The maximum Gasteiger partial charge on any atom is 0.251 e. The van der Waals surface area contributed by atoms with Gasteiger partial charge in [-0.3, -0.25) is 4.79 Å². The zero-order chi connectivity index (χ0) is 15.4. The minimum atomic E-state index is -0.350. The molecular weight excluding hydrogens is 281 g/mol. The molecule has 4 heteroatoms. The van der Waals surface area contributed by atoms with Gasteiger partial charge in [0.05, 0.1) is 6.54 Å². The van der Waals surface area contributed by atoms with Crippen molar-refractivity contribution in [3.05, 3.63) is 65.0 Å². The number of rotatable bonds is 5. The Bertz CT molecular complexity index is 667. The molecule has 0 radical (unpaired) electrons. The van der Waals surface area contributed by atoms with E-state index in [0.29, 0.717) is 18.7 Å². The van der Waals surface area contributed by atoms with Crippen LogP contribution in [-0.4, -0.2) is 19.1 Å². The van der Waals surface area contributed by atoms with Gasteiger partial charge in [-0.25, -0.2) is 4.39 Å². The van der Waals surface area contributed by atoms with E-state index in [-0.39, 0.29) is 11.7 Å². The Morgan fingerprint density at radius 3 is 2.68 bits per heavy atom. The van der Waals surface area contributed by atoms with Gasteiger partial charge in [0.15, 0.2) is 0 Å². The molecule has 2 aromatic carbocycles. The van der Waals surface area contributed by atoms with Gasteiger partial charge in [0.2, 0.25) is 0 Å². The van der Waals surface area contributed by atoms with Gasteiger partial charge in [-0.1, -0.05) is 6.07 Å². The highest BCUT2D eigenvalue weighted by Crippen LogP contribution is 2.25. The van der Waals surface area contributed by atoms with Crippen molar-refractivity contribution in [1.82, 2.24) is 5.32 Å². The summed E-state index contributed by atoms with van der Waals surface area (Å²) >= 11 is 0. The Balaban J connectivity index is 1.45. The molecule has 22 heavy (non-hydrogen) atoms. The lowest BCUT2D eigenvalue weighted by Gasteiger charge is -2.09. The van der Waals surface area contributed by atoms with Gasteiger partial charge in [-0.2, -0.15) is 0 Å². The van der Waals surface area contributed by atoms with Crippen molar-refractivity contribution in [3.8, 4) is 5.75 Å². The summed E-state index contributed by atoms with van der Waals surface area (Å²) < 4.78 is 18.4. The van der Waals surface area contributed by atoms with Crippen molar-refractivity contribution in [3.63, 3.8) is 0 Å². The number of ether oxygens (including phenoxy) is 1. The summed E-state index contributed by atoms with van der Waals surface area (Å²) in [7, 11) is 0. The Labute approximate surface area is 129 Å². The zero-order valence-corrected chi connectivity index (χ0v) is 12.3. The number of amides is 1. The first-order valence-corrected chi connectivity index (χ1v) is 7.51. The molecule has 0 bridgehead atoms. The van der Waals surface area contributed by atoms with E-state index in [9.17, 15) is 9.18 Å². The van der Waals surface area contributed by atoms with E-state index in [1.165, 1.54) is 41.8 Å². The van der Waals surface area contributed by atoms with Crippen LogP contribution in [0.4, 0.5) is 4.39 Å². The van der Waals surface area contributed by atoms with Gasteiger partial charge < -0.3 is 10.1 Å². The van der Waals surface area contributed by atoms with Crippen molar-refractivity contribution in [2.75, 3.05) is 13.2 Å². The van der Waals surface area contributed by atoms with Crippen LogP contribution in [0.25, 0.3) is 0 Å². The fraction of sp³-hybridized carbons (Fsp3) is 0.278. The molecule has 0 spiro atoms. The molecule has 2 aromatic rings. The van der Waals surface area contributed by atoms with E-state index in [0.717, 1.165) is 18.6 Å². The summed E-state index contributed by atoms with van der Waals surface area (Å²) in [6, 6.07) is 11.7. The number of nitrogens with one attached hydrogen (secondary N) is 1. The molecule has 1 aliphatic rings. The molecule has 114 valence electrons. The van der Waals surface area contributed by atoms with Gasteiger partial charge in [-0.05, 0) is 66.8 Å². The number of fused-ring (bicyclic) bond motifs is 1. The standard InChI is InChI=1S/C18H18FNO2/c19-16-7-4-14(5-8-16)18(21)20-10-11-22-17-9-6-13-2-1-3-15(13)12-17/h4-9,12H,1-3,10-11H2,(H,20,21). The quantitative estimate of drug-likeness (QED) is 0.862. The molecule has 0 saturated heterocycles. The van der Waals surface area contributed by atoms with Gasteiger partial charge >= 0.3 is 0 Å². The summed E-state index contributed by atoms with van der Waals surface area (Å²) in [4.78, 5) is 11.8. The number of hydrogen-bond acceptors (Lipinski definition) is 2. The first kappa shape index (κ1) is 14.6. The Morgan fingerprint density at radius 2 is 1.86 bits per heavy atom. The molecule has 0 fully saturated rings. The average Bonchev–Trinajstić information content (AvgIpc) is 2.99. The Morgan fingerprint density at radius 1 is 1.09 bits per heavy atom. The van der Waals surface area contributed by atoms with Crippen molar-refractivity contribution < 1.29 is 13.9 Å². The molecule has 1 aliphatic carbocycles. The van der Waals surface area contributed by atoms with Crippen LogP contribution in [0.1, 0.15) is 27.9 Å². The molecule has 1 N–H and O–H groups in total. The molecule has 3 nitrogen and oxygen atoms in total. The third-order valence-electron chi connectivity index (χ3n) is 3.83. The van der Waals surface area contributed by atoms with Crippen molar-refractivity contribution in [2.45, 2.75) is 19.3 Å². The maximum atomic E-state index is 12.8. The molecule has 0 saturated carbocycles. The third-order valence-corrected chi connectivity index (χ3v) is 3.83. The largest absolute Gasteiger partial charge is 0.492 e. The van der Waals surface area contributed by atoms with Crippen LogP contribution in [-0.2, 0) is 12.8 Å². The lowest BCUT2D eigenvalue weighted by atomic mass is 10.1. The molecule has 0 aliphatic heterocycles. The highest BCUT2D eigenvalue weighted by Gasteiger charge is 2.11. The van der Waals surface area contributed by atoms with Crippen LogP contribution in [0.3, 0.4) is 0 Å². The summed E-state index contributed by atoms with van der Waals surface area (Å²) in [5.74, 6) is 0.269. The SMILES string of the molecule is O=C(NCCOc1ccc2c(c1)CCC2)c1ccc(F)cc1. The lowest BCUT2D eigenvalue weighted by Crippen LogP contribution is -2.28. The van der Waals surface area contributed by atoms with Crippen molar-refractivity contribution >= 4 is 5.91 Å². The average molecular weight is 299 g/mol. The molecule has 0 unspecified atom stereocenters. The maximum absolute atomic E-state index is 12.8. The minimum Gasteiger partial charge on any atom is -0.492 e. The summed E-state index contributed by atoms with van der Waals surface area (Å²) in [5.41, 5.74) is 3.23. The second-order valence-electron chi connectivity index (χ2n) is 5.40. The summed E-state index contributed by atoms with van der Waals surface area (Å²) in [6.07, 6.45) is 3.49. The predicted molar refractivity (Wildman–Crippen MR) is 82.7 cm³/mol. The number of carbonyl (C=O) groups excluding carboxylic acids is 1. The lowest BCUT2D eigenvalue weighted by molar-refractivity contribution is 0.0947. The van der Waals surface area contributed by atoms with Crippen LogP contribution in [0.15, 0.2) is 42.5 Å². The van der Waals surface area contributed by atoms with Crippen LogP contribution < -0.4 is 10.1 Å². The predicted octanol–water partition coefficient (Wildman–Crippen LogP) is 3.12. The number of benzene rings is 2. The fourth-order valence-electron chi connectivity index (χ4n) is 2.67. The number of hydrogen-bond donors (Lipinski definition) is 1. The topological polar surface area (TPSA) is 38.3 Å². The zero-order valence-electron chi connectivity index (χ0n) is 12.3. The third kappa shape index (κ3) is 3.45. The summed E-state index contributed by atoms with van der Waals surface area (Å²) in [6.45, 7) is 0.818. The van der Waals surface area contributed by atoms with Gasteiger partial charge in [0.25, 0.3) is 5.91 Å². The Hall–Kier alpha value is -2.36. The van der Waals surface area contributed by atoms with Crippen LogP contribution in [0.5, 0.6) is 5.75 Å². The summed E-state index contributed by atoms with van der Waals surface area (Å²) in [5, 5.41) is 2.75. The molecule has 1 amide bonds. The second-order valence-corrected chi connectivity index (χ2v) is 5.40.